The fourth-order valence-electron chi connectivity index (χ4n) is 12.8. The minimum Gasteiger partial charge on any atom is -0.508 e. The molecule has 0 aliphatic carbocycles. The van der Waals surface area contributed by atoms with E-state index in [1.165, 1.54) is 46.7 Å². The van der Waals surface area contributed by atoms with Crippen molar-refractivity contribution in [2.75, 3.05) is 50.8 Å². The number of nitrogens with one attached hydrogen (secondary N) is 2. The molecule has 412 valence electrons. The Kier molecular flexibility index (Phi) is 15.1. The van der Waals surface area contributed by atoms with Gasteiger partial charge in [-0.05, 0) is 105 Å². The monoisotopic (exact) mass is 1090 g/mol. The molecule has 20 heteroatoms. The van der Waals surface area contributed by atoms with Gasteiger partial charge in [0.15, 0.2) is 5.82 Å². The van der Waals surface area contributed by atoms with Crippen LogP contribution >= 0.6 is 11.3 Å². The van der Waals surface area contributed by atoms with Crippen LogP contribution in [0.2, 0.25) is 0 Å². The second-order valence-corrected chi connectivity index (χ2v) is 23.8. The van der Waals surface area contributed by atoms with E-state index in [2.05, 4.69) is 35.4 Å². The van der Waals surface area contributed by atoms with E-state index in [0.717, 1.165) is 54.8 Å². The number of amides is 3. The number of ether oxygens (including phenoxy) is 1. The van der Waals surface area contributed by atoms with Gasteiger partial charge in [0.05, 0.1) is 40.2 Å². The smallest absolute Gasteiger partial charge is 0.319 e. The lowest BCUT2D eigenvalue weighted by atomic mass is 9.83. The summed E-state index contributed by atoms with van der Waals surface area (Å²) in [6, 6.07) is 12.4. The van der Waals surface area contributed by atoms with Crippen LogP contribution in [-0.2, 0) is 14.4 Å². The zero-order chi connectivity index (χ0) is 54.6. The third-order valence-corrected chi connectivity index (χ3v) is 17.6. The summed E-state index contributed by atoms with van der Waals surface area (Å²) in [5.74, 6) is -1.99. The van der Waals surface area contributed by atoms with Crippen LogP contribution in [0.1, 0.15) is 95.9 Å². The molecule has 2 unspecified atom stereocenters. The summed E-state index contributed by atoms with van der Waals surface area (Å²) >= 11 is 1.53. The lowest BCUT2D eigenvalue weighted by Crippen LogP contribution is -2.60. The standard InChI is InChI=1S/C58H68F2N10O7S/c1-32-52(78-31-62-32)34-14-12-33(13-15-34)45(29-71)64-55(75)46-24-41(73)28-69(46)56(76)53(58(2,3)4)70-38(18-19-47(70)74)9-6-20-67-21-7-10-39(67)30-77-57-65-51-43(54(66-57)68-26-36-16-17-37(27-68)63-36)25-61-50(49(51)60)42-23-40(72)22-35-8-5-11-44(59)48(35)42/h5,8,11-15,22-23,25,31,36-39,41,45-46,53,63,71-73H,6-7,9-10,16-21,24,26-30H2,1-4H3,(H,64,75)/t36?,37?,38-,39-,41+,45-,46-,53+/m0/s1. The molecule has 0 spiro atoms. The van der Waals surface area contributed by atoms with Gasteiger partial charge in [-0.25, -0.2) is 13.8 Å². The summed E-state index contributed by atoms with van der Waals surface area (Å²) in [7, 11) is 0. The average molecular weight is 1090 g/mol. The summed E-state index contributed by atoms with van der Waals surface area (Å²) in [4.78, 5) is 70.2. The quantitative estimate of drug-likeness (QED) is 0.0659. The first-order chi connectivity index (χ1) is 37.5. The normalized spacial score (nSPS) is 23.5. The van der Waals surface area contributed by atoms with Crippen LogP contribution in [0.15, 0.2) is 66.3 Å². The molecule has 8 atom stereocenters. The molecule has 6 aromatic rings. The topological polar surface area (TPSA) is 210 Å². The van der Waals surface area contributed by atoms with Crippen LogP contribution in [0.25, 0.3) is 43.4 Å². The fraction of sp³-hybridized carbons (Fsp3) is 0.500. The number of benzene rings is 3. The molecule has 3 amide bonds. The summed E-state index contributed by atoms with van der Waals surface area (Å²) < 4.78 is 38.9. The number of anilines is 1. The first kappa shape index (κ1) is 53.5. The number of nitrogens with zero attached hydrogens (tertiary/aromatic N) is 8. The number of piperazine rings is 1. The molecular weight excluding hydrogens is 1020 g/mol. The first-order valence-electron chi connectivity index (χ1n) is 27.4. The predicted molar refractivity (Wildman–Crippen MR) is 293 cm³/mol. The highest BCUT2D eigenvalue weighted by molar-refractivity contribution is 7.13. The number of rotatable bonds is 16. The molecule has 5 aliphatic heterocycles. The number of phenols is 1. The fourth-order valence-corrected chi connectivity index (χ4v) is 13.6. The van der Waals surface area contributed by atoms with Crippen molar-refractivity contribution in [1.29, 1.82) is 0 Å². The van der Waals surface area contributed by atoms with Gasteiger partial charge in [-0.2, -0.15) is 9.97 Å². The van der Waals surface area contributed by atoms with Crippen molar-refractivity contribution in [1.82, 2.24) is 45.3 Å². The van der Waals surface area contributed by atoms with Gasteiger partial charge in [0.1, 0.15) is 47.3 Å². The Morgan fingerprint density at radius 3 is 2.50 bits per heavy atom. The van der Waals surface area contributed by atoms with Crippen molar-refractivity contribution in [3.8, 4) is 33.5 Å². The highest BCUT2D eigenvalue weighted by Crippen LogP contribution is 2.40. The van der Waals surface area contributed by atoms with E-state index in [9.17, 15) is 29.7 Å². The van der Waals surface area contributed by atoms with Gasteiger partial charge in [0.25, 0.3) is 0 Å². The van der Waals surface area contributed by atoms with Crippen molar-refractivity contribution < 1.29 is 43.2 Å². The van der Waals surface area contributed by atoms with Gasteiger partial charge in [-0.1, -0.05) is 57.2 Å². The second kappa shape index (κ2) is 22.0. The molecule has 5 aliphatic rings. The number of carbonyl (C=O) groups excluding carboxylic acids is 3. The summed E-state index contributed by atoms with van der Waals surface area (Å²) in [6.45, 7) is 10.4. The van der Waals surface area contributed by atoms with Crippen LogP contribution in [-0.4, -0.2) is 156 Å². The lowest BCUT2D eigenvalue weighted by Gasteiger charge is -2.43. The van der Waals surface area contributed by atoms with Gasteiger partial charge < -0.3 is 45.4 Å². The minimum atomic E-state index is -1.01. The third kappa shape index (κ3) is 10.6. The van der Waals surface area contributed by atoms with Gasteiger partial charge in [-0.3, -0.25) is 24.3 Å². The molecule has 3 aromatic carbocycles. The number of likely N-dealkylation sites (tertiary alicyclic amines) is 3. The molecule has 3 aromatic heterocycles. The summed E-state index contributed by atoms with van der Waals surface area (Å²) in [6.07, 6.45) is 6.66. The Morgan fingerprint density at radius 1 is 0.987 bits per heavy atom. The third-order valence-electron chi connectivity index (χ3n) is 16.6. The summed E-state index contributed by atoms with van der Waals surface area (Å²) in [5.41, 5.74) is 3.59. The number of phenolic OH excluding ortho intramolecular Hbond substituents is 1. The van der Waals surface area contributed by atoms with Crippen molar-refractivity contribution >= 4 is 56.6 Å². The lowest BCUT2D eigenvalue weighted by molar-refractivity contribution is -0.152. The van der Waals surface area contributed by atoms with Crippen LogP contribution in [0.4, 0.5) is 14.6 Å². The van der Waals surface area contributed by atoms with Crippen LogP contribution < -0.4 is 20.3 Å². The maximum atomic E-state index is 17.1. The molecule has 0 radical (unpaired) electrons. The molecule has 5 saturated heterocycles. The van der Waals surface area contributed by atoms with E-state index in [1.807, 2.05) is 52.0 Å². The molecule has 11 rings (SSSR count). The van der Waals surface area contributed by atoms with E-state index in [0.29, 0.717) is 61.1 Å². The number of thiazole rings is 1. The van der Waals surface area contributed by atoms with Crippen molar-refractivity contribution in [2.45, 2.75) is 134 Å². The molecule has 0 saturated carbocycles. The number of pyridine rings is 1. The number of aryl methyl sites for hydroxylation is 1. The Balaban J connectivity index is 0.770. The maximum absolute atomic E-state index is 17.1. The Labute approximate surface area is 456 Å². The van der Waals surface area contributed by atoms with Crippen molar-refractivity contribution in [3.05, 3.63) is 89.2 Å². The molecule has 78 heavy (non-hydrogen) atoms. The number of fused-ring (bicyclic) bond motifs is 4. The second-order valence-electron chi connectivity index (χ2n) is 23.0. The number of aliphatic hydroxyl groups is 2. The van der Waals surface area contributed by atoms with E-state index in [4.69, 9.17) is 9.72 Å². The Bertz CT molecular complexity index is 3220. The zero-order valence-electron chi connectivity index (χ0n) is 44.5. The number of aliphatic hydroxyl groups excluding tert-OH is 2. The van der Waals surface area contributed by atoms with Crippen LogP contribution in [0.5, 0.6) is 11.8 Å². The predicted octanol–water partition coefficient (Wildman–Crippen LogP) is 7.04. The summed E-state index contributed by atoms with van der Waals surface area (Å²) in [5, 5.41) is 39.6. The van der Waals surface area contributed by atoms with Gasteiger partial charge in [0, 0.05) is 73.8 Å². The maximum Gasteiger partial charge on any atom is 0.319 e. The number of halogens is 2. The number of carbonyl (C=O) groups is 3. The SMILES string of the molecule is Cc1ncsc1-c1ccc([C@H](CO)NC(=O)[C@@H]2C[C@@H](O)CN2C(=O)[C@@H](N2C(=O)CC[C@@H]2CCCN2CCC[C@H]2COc2nc(N3CC4CCC(C3)N4)c3cnc(-c4cc(O)cc5cccc(F)c45)c(F)c3n2)C(C)(C)C)cc1. The molecule has 17 nitrogen and oxygen atoms in total. The number of β-amino-alcohol motifs (C(OH)–C–C–N with tert-alkyl or cyclic N) is 1. The highest BCUT2D eigenvalue weighted by Gasteiger charge is 2.50. The highest BCUT2D eigenvalue weighted by atomic mass is 32.1. The number of aromatic nitrogens is 4. The molecule has 5 fully saturated rings. The largest absolute Gasteiger partial charge is 0.508 e. The zero-order valence-corrected chi connectivity index (χ0v) is 45.3. The molecular formula is C58H68F2N10O7S. The van der Waals surface area contributed by atoms with Crippen LogP contribution in [0, 0.1) is 24.0 Å². The van der Waals surface area contributed by atoms with E-state index >= 15 is 8.78 Å². The van der Waals surface area contributed by atoms with E-state index in [1.54, 1.807) is 16.5 Å². The molecule has 8 heterocycles. The van der Waals surface area contributed by atoms with Crippen molar-refractivity contribution in [3.63, 3.8) is 0 Å². The number of aromatic hydroxyl groups is 1. The van der Waals surface area contributed by atoms with Gasteiger partial charge in [-0.15, -0.1) is 11.3 Å². The Morgan fingerprint density at radius 2 is 1.77 bits per heavy atom. The number of hydrogen-bond donors (Lipinski definition) is 5. The number of hydrogen-bond acceptors (Lipinski definition) is 15. The van der Waals surface area contributed by atoms with Crippen LogP contribution in [0.3, 0.4) is 0 Å². The average Bonchev–Trinajstić information content (AvgIpc) is 4.29. The first-order valence-corrected chi connectivity index (χ1v) is 28.3. The van der Waals surface area contributed by atoms with E-state index < -0.39 is 53.1 Å². The van der Waals surface area contributed by atoms with E-state index in [-0.39, 0.29) is 90.2 Å². The van der Waals surface area contributed by atoms with Gasteiger partial charge >= 0.3 is 6.01 Å². The van der Waals surface area contributed by atoms with Gasteiger partial charge in [0.2, 0.25) is 17.7 Å². The molecule has 5 N–H and O–H groups in total. The minimum absolute atomic E-state index is 0.00464. The molecule has 2 bridgehead atoms. The Hall–Kier alpha value is -6.45. The van der Waals surface area contributed by atoms with Crippen molar-refractivity contribution in [2.24, 2.45) is 5.41 Å².